The van der Waals surface area contributed by atoms with E-state index in [0.717, 1.165) is 36.3 Å². The van der Waals surface area contributed by atoms with Gasteiger partial charge in [-0.2, -0.15) is 0 Å². The summed E-state index contributed by atoms with van der Waals surface area (Å²) in [6.45, 7) is 2.77. The second-order valence-electron chi connectivity index (χ2n) is 5.09. The summed E-state index contributed by atoms with van der Waals surface area (Å²) in [6, 6.07) is 12.2. The predicted octanol–water partition coefficient (Wildman–Crippen LogP) is 2.87. The predicted molar refractivity (Wildman–Crippen MR) is 75.0 cm³/mol. The highest BCUT2D eigenvalue weighted by molar-refractivity contribution is 5.44. The Kier molecular flexibility index (Phi) is 3.22. The first-order chi connectivity index (χ1) is 9.24. The highest BCUT2D eigenvalue weighted by Gasteiger charge is 2.23. The highest BCUT2D eigenvalue weighted by Crippen LogP contribution is 2.36. The van der Waals surface area contributed by atoms with Crippen LogP contribution in [0.15, 0.2) is 36.4 Å². The average molecular weight is 254 g/mol. The third-order valence-corrected chi connectivity index (χ3v) is 3.72. The number of fused-ring (bicyclic) bond motifs is 1. The highest BCUT2D eigenvalue weighted by atomic mass is 16.3. The van der Waals surface area contributed by atoms with Gasteiger partial charge < -0.3 is 10.4 Å². The van der Waals surface area contributed by atoms with E-state index in [0.29, 0.717) is 11.8 Å². The molecular weight excluding hydrogens is 236 g/mol. The van der Waals surface area contributed by atoms with Gasteiger partial charge in [-0.3, -0.25) is 4.98 Å². The topological polar surface area (TPSA) is 45.1 Å². The monoisotopic (exact) mass is 254 g/mol. The number of aryl methyl sites for hydroxylation is 1. The SMILES string of the molecule is Cc1cccc(CNC2CCc3c(O)cccc32)n1. The number of nitrogens with one attached hydrogen (secondary N) is 1. The Morgan fingerprint density at radius 3 is 2.95 bits per heavy atom. The van der Waals surface area contributed by atoms with E-state index in [1.54, 1.807) is 6.07 Å². The summed E-state index contributed by atoms with van der Waals surface area (Å²) in [4.78, 5) is 4.50. The normalized spacial score (nSPS) is 17.4. The molecule has 1 aromatic heterocycles. The van der Waals surface area contributed by atoms with E-state index >= 15 is 0 Å². The number of hydrogen-bond donors (Lipinski definition) is 2. The van der Waals surface area contributed by atoms with E-state index < -0.39 is 0 Å². The lowest BCUT2D eigenvalue weighted by Gasteiger charge is -2.14. The number of benzene rings is 1. The number of aromatic nitrogens is 1. The van der Waals surface area contributed by atoms with Gasteiger partial charge in [0.1, 0.15) is 5.75 Å². The number of phenols is 1. The molecule has 2 N–H and O–H groups in total. The van der Waals surface area contributed by atoms with Crippen molar-refractivity contribution in [3.63, 3.8) is 0 Å². The molecule has 1 heterocycles. The molecule has 2 aromatic rings. The van der Waals surface area contributed by atoms with Crippen LogP contribution in [0.4, 0.5) is 0 Å². The van der Waals surface area contributed by atoms with Gasteiger partial charge in [0.25, 0.3) is 0 Å². The van der Waals surface area contributed by atoms with E-state index in [4.69, 9.17) is 0 Å². The van der Waals surface area contributed by atoms with Crippen LogP contribution in [-0.2, 0) is 13.0 Å². The fraction of sp³-hybridized carbons (Fsp3) is 0.312. The lowest BCUT2D eigenvalue weighted by atomic mass is 10.1. The molecule has 0 saturated heterocycles. The molecule has 3 rings (SSSR count). The summed E-state index contributed by atoms with van der Waals surface area (Å²) in [6.07, 6.45) is 1.99. The maximum atomic E-state index is 9.83. The minimum Gasteiger partial charge on any atom is -0.508 e. The number of hydrogen-bond acceptors (Lipinski definition) is 3. The van der Waals surface area contributed by atoms with Gasteiger partial charge in [-0.1, -0.05) is 18.2 Å². The average Bonchev–Trinajstić information content (AvgIpc) is 2.81. The van der Waals surface area contributed by atoms with E-state index in [2.05, 4.69) is 16.4 Å². The Morgan fingerprint density at radius 2 is 2.11 bits per heavy atom. The first kappa shape index (κ1) is 12.2. The molecule has 0 aliphatic heterocycles. The molecule has 0 radical (unpaired) electrons. The summed E-state index contributed by atoms with van der Waals surface area (Å²) in [5.74, 6) is 0.426. The minimum absolute atomic E-state index is 0.324. The molecule has 19 heavy (non-hydrogen) atoms. The van der Waals surface area contributed by atoms with Crippen molar-refractivity contribution in [3.05, 3.63) is 58.9 Å². The van der Waals surface area contributed by atoms with Gasteiger partial charge in [-0.25, -0.2) is 0 Å². The van der Waals surface area contributed by atoms with Crippen molar-refractivity contribution in [3.8, 4) is 5.75 Å². The third kappa shape index (κ3) is 2.47. The molecule has 98 valence electrons. The fourth-order valence-corrected chi connectivity index (χ4v) is 2.77. The first-order valence-corrected chi connectivity index (χ1v) is 6.71. The number of phenolic OH excluding ortho intramolecular Hbond substituents is 1. The van der Waals surface area contributed by atoms with E-state index in [1.807, 2.05) is 31.2 Å². The van der Waals surface area contributed by atoms with Gasteiger partial charge in [0.2, 0.25) is 0 Å². The van der Waals surface area contributed by atoms with E-state index in [-0.39, 0.29) is 0 Å². The summed E-state index contributed by atoms with van der Waals surface area (Å²) in [5.41, 5.74) is 4.43. The number of rotatable bonds is 3. The molecule has 1 atom stereocenters. The van der Waals surface area contributed by atoms with Crippen LogP contribution < -0.4 is 5.32 Å². The molecule has 1 aliphatic carbocycles. The number of aromatic hydroxyl groups is 1. The largest absolute Gasteiger partial charge is 0.508 e. The van der Waals surface area contributed by atoms with Crippen LogP contribution in [-0.4, -0.2) is 10.1 Å². The van der Waals surface area contributed by atoms with Crippen molar-refractivity contribution >= 4 is 0 Å². The zero-order valence-corrected chi connectivity index (χ0v) is 11.1. The van der Waals surface area contributed by atoms with Gasteiger partial charge in [-0.15, -0.1) is 0 Å². The molecular formula is C16H18N2O. The van der Waals surface area contributed by atoms with Crippen molar-refractivity contribution in [1.29, 1.82) is 0 Å². The van der Waals surface area contributed by atoms with Gasteiger partial charge in [-0.05, 0) is 49.1 Å². The molecule has 3 nitrogen and oxygen atoms in total. The van der Waals surface area contributed by atoms with Gasteiger partial charge in [0.15, 0.2) is 0 Å². The Morgan fingerprint density at radius 1 is 1.26 bits per heavy atom. The van der Waals surface area contributed by atoms with Gasteiger partial charge >= 0.3 is 0 Å². The summed E-state index contributed by atoms with van der Waals surface area (Å²) < 4.78 is 0. The summed E-state index contributed by atoms with van der Waals surface area (Å²) >= 11 is 0. The quantitative estimate of drug-likeness (QED) is 0.885. The van der Waals surface area contributed by atoms with Crippen molar-refractivity contribution in [1.82, 2.24) is 10.3 Å². The fourth-order valence-electron chi connectivity index (χ4n) is 2.77. The molecule has 0 spiro atoms. The number of pyridine rings is 1. The van der Waals surface area contributed by atoms with Crippen molar-refractivity contribution in [2.75, 3.05) is 0 Å². The third-order valence-electron chi connectivity index (χ3n) is 3.72. The minimum atomic E-state index is 0.324. The Balaban J connectivity index is 1.72. The van der Waals surface area contributed by atoms with Crippen molar-refractivity contribution < 1.29 is 5.11 Å². The smallest absolute Gasteiger partial charge is 0.119 e. The molecule has 0 fully saturated rings. The van der Waals surface area contributed by atoms with Crippen LogP contribution in [0.3, 0.4) is 0 Å². The van der Waals surface area contributed by atoms with Crippen LogP contribution in [0.5, 0.6) is 5.75 Å². The van der Waals surface area contributed by atoms with E-state index in [1.165, 1.54) is 5.56 Å². The lowest BCUT2D eigenvalue weighted by Crippen LogP contribution is -2.19. The first-order valence-electron chi connectivity index (χ1n) is 6.71. The van der Waals surface area contributed by atoms with Crippen LogP contribution in [0.1, 0.15) is 35.0 Å². The van der Waals surface area contributed by atoms with Crippen molar-refractivity contribution in [2.24, 2.45) is 0 Å². The Hall–Kier alpha value is -1.87. The molecule has 0 amide bonds. The Bertz CT molecular complexity index is 595. The summed E-state index contributed by atoms with van der Waals surface area (Å²) in [7, 11) is 0. The molecule has 0 saturated carbocycles. The van der Waals surface area contributed by atoms with Crippen molar-refractivity contribution in [2.45, 2.75) is 32.4 Å². The molecule has 0 bridgehead atoms. The maximum absolute atomic E-state index is 9.83. The second kappa shape index (κ2) is 5.02. The molecule has 3 heteroatoms. The number of nitrogens with zero attached hydrogens (tertiary/aromatic N) is 1. The van der Waals surface area contributed by atoms with Crippen LogP contribution in [0, 0.1) is 6.92 Å². The maximum Gasteiger partial charge on any atom is 0.119 e. The van der Waals surface area contributed by atoms with E-state index in [9.17, 15) is 5.11 Å². The van der Waals surface area contributed by atoms with Crippen LogP contribution >= 0.6 is 0 Å². The second-order valence-corrected chi connectivity index (χ2v) is 5.09. The lowest BCUT2D eigenvalue weighted by molar-refractivity contribution is 0.469. The van der Waals surface area contributed by atoms with Crippen LogP contribution in [0.25, 0.3) is 0 Å². The van der Waals surface area contributed by atoms with Gasteiger partial charge in [0, 0.05) is 18.3 Å². The standard InChI is InChI=1S/C16H18N2O/c1-11-4-2-5-12(18-11)10-17-15-9-8-14-13(15)6-3-7-16(14)19/h2-7,15,17,19H,8-10H2,1H3. The zero-order chi connectivity index (χ0) is 13.2. The molecule has 1 unspecified atom stereocenters. The molecule has 1 aromatic carbocycles. The van der Waals surface area contributed by atoms with Crippen LogP contribution in [0.2, 0.25) is 0 Å². The van der Waals surface area contributed by atoms with Gasteiger partial charge in [0.05, 0.1) is 5.69 Å². The zero-order valence-electron chi connectivity index (χ0n) is 11.1. The Labute approximate surface area is 113 Å². The summed E-state index contributed by atoms with van der Waals surface area (Å²) in [5, 5.41) is 13.4. The molecule has 1 aliphatic rings.